The van der Waals surface area contributed by atoms with Crippen LogP contribution in [0.4, 0.5) is 0 Å². The quantitative estimate of drug-likeness (QED) is 0.586. The normalized spacial score (nSPS) is 42.3. The Hall–Kier alpha value is -0.0400. The molecule has 11 heavy (non-hydrogen) atoms. The van der Waals surface area contributed by atoms with Gasteiger partial charge in [0.15, 0.2) is 0 Å². The average Bonchev–Trinajstić information content (AvgIpc) is 2.45. The van der Waals surface area contributed by atoms with Gasteiger partial charge in [-0.25, -0.2) is 0 Å². The van der Waals surface area contributed by atoms with Gasteiger partial charge in [0.2, 0.25) is 0 Å². The summed E-state index contributed by atoms with van der Waals surface area (Å²) in [5.74, 6) is 3.02. The minimum absolute atomic E-state index is 0.903. The summed E-state index contributed by atoms with van der Waals surface area (Å²) in [6.07, 6.45) is 2.94. The molecule has 0 radical (unpaired) electrons. The molecule has 2 saturated heterocycles. The molecule has 0 aromatic heterocycles. The molecule has 2 heterocycles. The lowest BCUT2D eigenvalue weighted by molar-refractivity contribution is 0.268. The van der Waals surface area contributed by atoms with Crippen molar-refractivity contribution < 1.29 is 0 Å². The maximum atomic E-state index is 2.64. The monoisotopic (exact) mass is 153 g/mol. The lowest BCUT2D eigenvalue weighted by Gasteiger charge is -2.23. The van der Waals surface area contributed by atoms with Crippen molar-refractivity contribution in [3.63, 3.8) is 0 Å². The SMILES string of the molecule is CC(C)C[C@H]1CN2CC[C@@H]1C2. The molecule has 0 aliphatic carbocycles. The molecule has 1 nitrogen and oxygen atoms in total. The number of hydrogen-bond donors (Lipinski definition) is 0. The highest BCUT2D eigenvalue weighted by Crippen LogP contribution is 2.36. The zero-order chi connectivity index (χ0) is 7.84. The van der Waals surface area contributed by atoms with Crippen molar-refractivity contribution in [3.05, 3.63) is 0 Å². The molecular formula is C10H19N. The second kappa shape index (κ2) is 2.78. The van der Waals surface area contributed by atoms with E-state index in [-0.39, 0.29) is 0 Å². The largest absolute Gasteiger partial charge is 0.303 e. The maximum Gasteiger partial charge on any atom is 0.00134 e. The molecule has 3 atom stereocenters. The molecule has 64 valence electrons. The summed E-state index contributed by atoms with van der Waals surface area (Å²) >= 11 is 0. The van der Waals surface area contributed by atoms with Gasteiger partial charge >= 0.3 is 0 Å². The third-order valence-corrected chi connectivity index (χ3v) is 3.24. The second-order valence-corrected chi connectivity index (χ2v) is 4.70. The van der Waals surface area contributed by atoms with Gasteiger partial charge in [0, 0.05) is 13.1 Å². The lowest BCUT2D eigenvalue weighted by atomic mass is 9.86. The topological polar surface area (TPSA) is 3.24 Å². The highest BCUT2D eigenvalue weighted by Gasteiger charge is 2.37. The van der Waals surface area contributed by atoms with Gasteiger partial charge in [-0.05, 0) is 37.1 Å². The Balaban J connectivity index is 1.87. The third kappa shape index (κ3) is 1.44. The summed E-state index contributed by atoms with van der Waals surface area (Å²) in [4.78, 5) is 2.64. The molecule has 0 spiro atoms. The standard InChI is InChI=1S/C10H19N/c1-8(2)5-10-7-11-4-3-9(10)6-11/h8-10H,3-7H2,1-2H3/t9-,10+/m1/s1. The number of nitrogens with zero attached hydrogens (tertiary/aromatic N) is 1. The van der Waals surface area contributed by atoms with Crippen LogP contribution in [-0.2, 0) is 0 Å². The van der Waals surface area contributed by atoms with Crippen LogP contribution in [0.15, 0.2) is 0 Å². The van der Waals surface area contributed by atoms with Gasteiger partial charge in [-0.3, -0.25) is 0 Å². The van der Waals surface area contributed by atoms with Gasteiger partial charge in [0.1, 0.15) is 0 Å². The van der Waals surface area contributed by atoms with Crippen LogP contribution < -0.4 is 0 Å². The number of hydrogen-bond acceptors (Lipinski definition) is 1. The Morgan fingerprint density at radius 3 is 2.64 bits per heavy atom. The molecule has 2 fully saturated rings. The zero-order valence-electron chi connectivity index (χ0n) is 7.71. The van der Waals surface area contributed by atoms with E-state index < -0.39 is 0 Å². The van der Waals surface area contributed by atoms with Crippen LogP contribution in [0.1, 0.15) is 26.7 Å². The summed E-state index contributed by atoms with van der Waals surface area (Å²) in [6.45, 7) is 8.90. The number of piperidine rings is 1. The first-order valence-electron chi connectivity index (χ1n) is 4.98. The summed E-state index contributed by atoms with van der Waals surface area (Å²) in [5, 5.41) is 0. The summed E-state index contributed by atoms with van der Waals surface area (Å²) in [6, 6.07) is 0. The molecule has 1 heteroatoms. The van der Waals surface area contributed by atoms with E-state index >= 15 is 0 Å². The molecule has 0 N–H and O–H groups in total. The van der Waals surface area contributed by atoms with Crippen molar-refractivity contribution in [1.82, 2.24) is 4.90 Å². The van der Waals surface area contributed by atoms with Crippen molar-refractivity contribution in [2.45, 2.75) is 26.7 Å². The number of fused-ring (bicyclic) bond motifs is 2. The van der Waals surface area contributed by atoms with Crippen LogP contribution >= 0.6 is 0 Å². The van der Waals surface area contributed by atoms with Gasteiger partial charge < -0.3 is 4.90 Å². The Morgan fingerprint density at radius 2 is 2.18 bits per heavy atom. The minimum Gasteiger partial charge on any atom is -0.303 e. The Morgan fingerprint density at radius 1 is 1.36 bits per heavy atom. The molecule has 0 amide bonds. The van der Waals surface area contributed by atoms with Gasteiger partial charge in [-0.15, -0.1) is 0 Å². The third-order valence-electron chi connectivity index (χ3n) is 3.24. The lowest BCUT2D eigenvalue weighted by Crippen LogP contribution is -2.24. The van der Waals surface area contributed by atoms with E-state index in [1.165, 1.54) is 32.5 Å². The van der Waals surface area contributed by atoms with E-state index in [2.05, 4.69) is 18.7 Å². The second-order valence-electron chi connectivity index (χ2n) is 4.70. The fraction of sp³-hybridized carbons (Fsp3) is 1.00. The summed E-state index contributed by atoms with van der Waals surface area (Å²) in [5.41, 5.74) is 0. The molecule has 2 rings (SSSR count). The predicted molar refractivity (Wildman–Crippen MR) is 47.5 cm³/mol. The number of rotatable bonds is 2. The summed E-state index contributed by atoms with van der Waals surface area (Å²) < 4.78 is 0. The van der Waals surface area contributed by atoms with Crippen LogP contribution in [0.2, 0.25) is 0 Å². The van der Waals surface area contributed by atoms with Crippen molar-refractivity contribution in [3.8, 4) is 0 Å². The first-order valence-corrected chi connectivity index (χ1v) is 4.98. The molecule has 2 aliphatic rings. The first kappa shape index (κ1) is 7.60. The Labute approximate surface area is 69.8 Å². The van der Waals surface area contributed by atoms with Gasteiger partial charge in [0.25, 0.3) is 0 Å². The predicted octanol–water partition coefficient (Wildman–Crippen LogP) is 1.98. The molecule has 0 aromatic rings. The minimum atomic E-state index is 0.903. The van der Waals surface area contributed by atoms with E-state index in [0.29, 0.717) is 0 Å². The van der Waals surface area contributed by atoms with Crippen LogP contribution in [0.5, 0.6) is 0 Å². The molecule has 1 unspecified atom stereocenters. The van der Waals surface area contributed by atoms with Crippen molar-refractivity contribution in [2.75, 3.05) is 19.6 Å². The van der Waals surface area contributed by atoms with Crippen LogP contribution in [-0.4, -0.2) is 24.5 Å². The van der Waals surface area contributed by atoms with E-state index in [1.807, 2.05) is 0 Å². The first-order chi connectivity index (χ1) is 5.25. The van der Waals surface area contributed by atoms with Crippen LogP contribution in [0.3, 0.4) is 0 Å². The fourth-order valence-electron chi connectivity index (χ4n) is 2.77. The Bertz CT molecular complexity index is 142. The zero-order valence-corrected chi connectivity index (χ0v) is 7.71. The Kier molecular flexibility index (Phi) is 1.92. The van der Waals surface area contributed by atoms with Gasteiger partial charge in [0.05, 0.1) is 0 Å². The average molecular weight is 153 g/mol. The molecular weight excluding hydrogens is 134 g/mol. The van der Waals surface area contributed by atoms with E-state index in [4.69, 9.17) is 0 Å². The van der Waals surface area contributed by atoms with Crippen molar-refractivity contribution >= 4 is 0 Å². The molecule has 0 saturated carbocycles. The van der Waals surface area contributed by atoms with Crippen molar-refractivity contribution in [1.29, 1.82) is 0 Å². The van der Waals surface area contributed by atoms with E-state index in [0.717, 1.165) is 17.8 Å². The van der Waals surface area contributed by atoms with E-state index in [9.17, 15) is 0 Å². The smallest absolute Gasteiger partial charge is 0.00134 e. The van der Waals surface area contributed by atoms with E-state index in [1.54, 1.807) is 0 Å². The van der Waals surface area contributed by atoms with Gasteiger partial charge in [-0.1, -0.05) is 13.8 Å². The maximum absolute atomic E-state index is 2.64. The molecule has 2 aliphatic heterocycles. The molecule has 2 bridgehead atoms. The fourth-order valence-corrected chi connectivity index (χ4v) is 2.77. The highest BCUT2D eigenvalue weighted by molar-refractivity contribution is 4.90. The van der Waals surface area contributed by atoms with Gasteiger partial charge in [-0.2, -0.15) is 0 Å². The molecule has 0 aromatic carbocycles. The van der Waals surface area contributed by atoms with Crippen molar-refractivity contribution in [2.24, 2.45) is 17.8 Å². The van der Waals surface area contributed by atoms with Crippen LogP contribution in [0, 0.1) is 17.8 Å². The highest BCUT2D eigenvalue weighted by atomic mass is 15.2. The van der Waals surface area contributed by atoms with Crippen LogP contribution in [0.25, 0.3) is 0 Å². The summed E-state index contributed by atoms with van der Waals surface area (Å²) in [7, 11) is 0.